The predicted octanol–water partition coefficient (Wildman–Crippen LogP) is 4.91. The zero-order valence-electron chi connectivity index (χ0n) is 16.8. The lowest BCUT2D eigenvalue weighted by molar-refractivity contribution is -0.119. The van der Waals surface area contributed by atoms with Crippen LogP contribution in [-0.4, -0.2) is 21.9 Å². The first kappa shape index (κ1) is 21.4. The average Bonchev–Trinajstić information content (AvgIpc) is 3.36. The Morgan fingerprint density at radius 2 is 1.97 bits per heavy atom. The van der Waals surface area contributed by atoms with Gasteiger partial charge in [0, 0.05) is 0 Å². The number of carbonyl (C=O) groups excluding carboxylic acids is 1. The van der Waals surface area contributed by atoms with Crippen molar-refractivity contribution in [3.63, 3.8) is 0 Å². The predicted molar refractivity (Wildman–Crippen MR) is 118 cm³/mol. The fourth-order valence-corrected chi connectivity index (χ4v) is 4.38. The zero-order valence-corrected chi connectivity index (χ0v) is 18.5. The molecule has 3 rings (SSSR count). The van der Waals surface area contributed by atoms with Crippen LogP contribution < -0.4 is 10.6 Å². The highest BCUT2D eigenvalue weighted by atomic mass is 32.2. The number of nitrogens with zero attached hydrogens (tertiary/aromatic N) is 2. The summed E-state index contributed by atoms with van der Waals surface area (Å²) in [7, 11) is 0. The van der Waals surface area contributed by atoms with Gasteiger partial charge in [-0.15, -0.1) is 10.2 Å². The molecule has 154 valence electrons. The van der Waals surface area contributed by atoms with E-state index in [1.54, 1.807) is 6.26 Å². The van der Waals surface area contributed by atoms with E-state index >= 15 is 0 Å². The van der Waals surface area contributed by atoms with Gasteiger partial charge in [0.15, 0.2) is 4.34 Å². The molecule has 1 atom stereocenters. The normalized spacial score (nSPS) is 12.1. The summed E-state index contributed by atoms with van der Waals surface area (Å²) in [4.78, 5) is 12.3. The molecule has 0 saturated heterocycles. The Bertz CT molecular complexity index is 892. The van der Waals surface area contributed by atoms with E-state index in [9.17, 15) is 4.79 Å². The van der Waals surface area contributed by atoms with Crippen LogP contribution in [0.2, 0.25) is 0 Å². The number of hydrogen-bond acceptors (Lipinski definition) is 7. The van der Waals surface area contributed by atoms with Gasteiger partial charge in [0.1, 0.15) is 5.76 Å². The molecule has 0 aliphatic carbocycles. The van der Waals surface area contributed by atoms with Crippen molar-refractivity contribution in [1.29, 1.82) is 0 Å². The summed E-state index contributed by atoms with van der Waals surface area (Å²) in [6.45, 7) is 6.98. The van der Waals surface area contributed by atoms with E-state index in [-0.39, 0.29) is 11.9 Å². The van der Waals surface area contributed by atoms with Crippen LogP contribution in [-0.2, 0) is 17.8 Å². The molecular weight excluding hydrogens is 404 g/mol. The van der Waals surface area contributed by atoms with Gasteiger partial charge in [0.2, 0.25) is 11.0 Å². The van der Waals surface area contributed by atoms with Crippen molar-refractivity contribution >= 4 is 34.1 Å². The lowest BCUT2D eigenvalue weighted by Gasteiger charge is -2.15. The maximum atomic E-state index is 12.3. The third kappa shape index (κ3) is 6.90. The number of benzene rings is 1. The van der Waals surface area contributed by atoms with Crippen LogP contribution in [0.1, 0.15) is 43.7 Å². The Labute approximate surface area is 179 Å². The number of thioether (sulfide) groups is 1. The van der Waals surface area contributed by atoms with Crippen molar-refractivity contribution in [3.8, 4) is 0 Å². The highest BCUT2D eigenvalue weighted by Gasteiger charge is 2.12. The van der Waals surface area contributed by atoms with Crippen LogP contribution in [0.5, 0.6) is 0 Å². The van der Waals surface area contributed by atoms with Crippen molar-refractivity contribution in [1.82, 2.24) is 15.5 Å². The van der Waals surface area contributed by atoms with Gasteiger partial charge in [-0.05, 0) is 42.5 Å². The Balaban J connectivity index is 1.42. The van der Waals surface area contributed by atoms with Crippen molar-refractivity contribution in [2.24, 2.45) is 5.92 Å². The monoisotopic (exact) mass is 430 g/mol. The first-order valence-corrected chi connectivity index (χ1v) is 11.4. The van der Waals surface area contributed by atoms with Gasteiger partial charge in [-0.25, -0.2) is 0 Å². The standard InChI is InChI=1S/C21H26N4O2S2/c1-14(2)11-16-6-8-17(9-7-16)15(3)23-19(26)13-28-21-25-24-20(29-21)22-12-18-5-4-10-27-18/h4-10,14-15H,11-13H2,1-3H3,(H,22,24)(H,23,26). The van der Waals surface area contributed by atoms with Crippen LogP contribution in [0.15, 0.2) is 51.4 Å². The van der Waals surface area contributed by atoms with E-state index in [1.165, 1.54) is 28.7 Å². The summed E-state index contributed by atoms with van der Waals surface area (Å²) in [6, 6.07) is 12.2. The fraction of sp³-hybridized carbons (Fsp3) is 0.381. The maximum absolute atomic E-state index is 12.3. The topological polar surface area (TPSA) is 80.0 Å². The van der Waals surface area contributed by atoms with Crippen LogP contribution in [0, 0.1) is 5.92 Å². The SMILES string of the molecule is CC(C)Cc1ccc(C(C)NC(=O)CSc2nnc(NCc3ccco3)s2)cc1. The van der Waals surface area contributed by atoms with E-state index in [0.29, 0.717) is 23.3 Å². The van der Waals surface area contributed by atoms with Gasteiger partial charge in [0.05, 0.1) is 24.6 Å². The third-order valence-electron chi connectivity index (χ3n) is 4.23. The highest BCUT2D eigenvalue weighted by Crippen LogP contribution is 2.26. The molecule has 0 aliphatic rings. The molecule has 1 aromatic carbocycles. The lowest BCUT2D eigenvalue weighted by Crippen LogP contribution is -2.28. The number of aromatic nitrogens is 2. The van der Waals surface area contributed by atoms with Crippen molar-refractivity contribution in [2.45, 2.75) is 44.1 Å². The molecule has 1 amide bonds. The first-order valence-electron chi connectivity index (χ1n) is 9.60. The molecule has 0 radical (unpaired) electrons. The Morgan fingerprint density at radius 1 is 1.17 bits per heavy atom. The minimum Gasteiger partial charge on any atom is -0.467 e. The number of amides is 1. The second-order valence-corrected chi connectivity index (χ2v) is 9.42. The third-order valence-corrected chi connectivity index (χ3v) is 6.24. The second kappa shape index (κ2) is 10.5. The minimum absolute atomic E-state index is 0.0194. The van der Waals surface area contributed by atoms with E-state index in [2.05, 4.69) is 58.9 Å². The molecule has 6 nitrogen and oxygen atoms in total. The van der Waals surface area contributed by atoms with Crippen LogP contribution in [0.25, 0.3) is 0 Å². The summed E-state index contributed by atoms with van der Waals surface area (Å²) in [5.74, 6) is 1.76. The summed E-state index contributed by atoms with van der Waals surface area (Å²) in [5.41, 5.74) is 2.43. The summed E-state index contributed by atoms with van der Waals surface area (Å²) in [6.07, 6.45) is 2.70. The quantitative estimate of drug-likeness (QED) is 0.445. The van der Waals surface area contributed by atoms with Crippen LogP contribution in [0.3, 0.4) is 0 Å². The number of anilines is 1. The molecule has 0 fully saturated rings. The molecule has 2 heterocycles. The molecule has 0 saturated carbocycles. The summed E-state index contributed by atoms with van der Waals surface area (Å²) >= 11 is 2.81. The van der Waals surface area contributed by atoms with E-state index in [1.807, 2.05) is 19.1 Å². The minimum atomic E-state index is -0.0313. The molecule has 0 aliphatic heterocycles. The molecule has 29 heavy (non-hydrogen) atoms. The Kier molecular flexibility index (Phi) is 7.71. The fourth-order valence-electron chi connectivity index (χ4n) is 2.82. The maximum Gasteiger partial charge on any atom is 0.230 e. The molecule has 8 heteroatoms. The van der Waals surface area contributed by atoms with E-state index in [0.717, 1.165) is 22.1 Å². The van der Waals surface area contributed by atoms with Gasteiger partial charge in [-0.2, -0.15) is 0 Å². The van der Waals surface area contributed by atoms with Crippen molar-refractivity contribution in [3.05, 3.63) is 59.5 Å². The average molecular weight is 431 g/mol. The largest absolute Gasteiger partial charge is 0.467 e. The van der Waals surface area contributed by atoms with Gasteiger partial charge in [0.25, 0.3) is 0 Å². The second-order valence-electron chi connectivity index (χ2n) is 7.22. The summed E-state index contributed by atoms with van der Waals surface area (Å²) in [5, 5.41) is 15.1. The van der Waals surface area contributed by atoms with Gasteiger partial charge < -0.3 is 15.1 Å². The zero-order chi connectivity index (χ0) is 20.6. The van der Waals surface area contributed by atoms with E-state index < -0.39 is 0 Å². The smallest absolute Gasteiger partial charge is 0.230 e. The number of rotatable bonds is 10. The molecule has 3 aromatic rings. The van der Waals surface area contributed by atoms with Crippen LogP contribution >= 0.6 is 23.1 Å². The number of carbonyl (C=O) groups is 1. The van der Waals surface area contributed by atoms with Gasteiger partial charge >= 0.3 is 0 Å². The first-order chi connectivity index (χ1) is 14.0. The van der Waals surface area contributed by atoms with Crippen molar-refractivity contribution < 1.29 is 9.21 Å². The molecule has 0 bridgehead atoms. The summed E-state index contributed by atoms with van der Waals surface area (Å²) < 4.78 is 6.03. The number of hydrogen-bond donors (Lipinski definition) is 2. The number of furan rings is 1. The molecule has 0 spiro atoms. The molecule has 1 unspecified atom stereocenters. The van der Waals surface area contributed by atoms with E-state index in [4.69, 9.17) is 4.42 Å². The molecule has 2 N–H and O–H groups in total. The van der Waals surface area contributed by atoms with Gasteiger partial charge in [-0.3, -0.25) is 4.79 Å². The highest BCUT2D eigenvalue weighted by molar-refractivity contribution is 8.01. The van der Waals surface area contributed by atoms with Gasteiger partial charge in [-0.1, -0.05) is 61.2 Å². The molecule has 2 aromatic heterocycles. The number of nitrogens with one attached hydrogen (secondary N) is 2. The molecular formula is C21H26N4O2S2. The van der Waals surface area contributed by atoms with Crippen LogP contribution in [0.4, 0.5) is 5.13 Å². The Hall–Kier alpha value is -2.32. The van der Waals surface area contributed by atoms with Crippen molar-refractivity contribution in [2.75, 3.05) is 11.1 Å². The Morgan fingerprint density at radius 3 is 2.66 bits per heavy atom. The lowest BCUT2D eigenvalue weighted by atomic mass is 10.00.